The van der Waals surface area contributed by atoms with Crippen molar-refractivity contribution in [3.8, 4) is 11.3 Å². The van der Waals surface area contributed by atoms with Crippen molar-refractivity contribution in [3.63, 3.8) is 0 Å². The molecule has 1 aliphatic carbocycles. The second-order valence-corrected chi connectivity index (χ2v) is 8.68. The molecule has 0 spiro atoms. The predicted molar refractivity (Wildman–Crippen MR) is 94.9 cm³/mol. The Labute approximate surface area is 143 Å². The van der Waals surface area contributed by atoms with Gasteiger partial charge in [-0.15, -0.1) is 11.3 Å². The third-order valence-corrected chi connectivity index (χ3v) is 6.44. The molecule has 116 valence electrons. The molecule has 0 aliphatic heterocycles. The SMILES string of the molecule is CC1(C)C(C(=O)Nc2nc(-c3ccc(Br)cc3)cs2)C1(C)C. The lowest BCUT2D eigenvalue weighted by Gasteiger charge is -2.03. The molecule has 0 radical (unpaired) electrons. The molecular formula is C17H19BrN2OS. The monoisotopic (exact) mass is 378 g/mol. The van der Waals surface area contributed by atoms with Gasteiger partial charge in [0.2, 0.25) is 5.91 Å². The molecule has 3 rings (SSSR count). The van der Waals surface area contributed by atoms with E-state index in [0.29, 0.717) is 5.13 Å². The van der Waals surface area contributed by atoms with Gasteiger partial charge in [-0.3, -0.25) is 4.79 Å². The molecule has 1 N–H and O–H groups in total. The number of anilines is 1. The van der Waals surface area contributed by atoms with Gasteiger partial charge in [-0.25, -0.2) is 4.98 Å². The first-order valence-electron chi connectivity index (χ1n) is 7.26. The number of carbonyl (C=O) groups excluding carboxylic acids is 1. The molecule has 1 saturated carbocycles. The average Bonchev–Trinajstić information content (AvgIpc) is 2.77. The zero-order valence-corrected chi connectivity index (χ0v) is 15.5. The van der Waals surface area contributed by atoms with Crippen molar-refractivity contribution in [2.24, 2.45) is 16.7 Å². The van der Waals surface area contributed by atoms with Crippen LogP contribution < -0.4 is 5.32 Å². The lowest BCUT2D eigenvalue weighted by molar-refractivity contribution is -0.118. The van der Waals surface area contributed by atoms with Crippen LogP contribution in [-0.2, 0) is 4.79 Å². The molecule has 1 heterocycles. The molecule has 1 aromatic carbocycles. The Bertz CT molecular complexity index is 705. The van der Waals surface area contributed by atoms with Gasteiger partial charge in [0.25, 0.3) is 0 Å². The molecule has 1 amide bonds. The Morgan fingerprint density at radius 3 is 2.32 bits per heavy atom. The zero-order valence-electron chi connectivity index (χ0n) is 13.1. The normalized spacial score (nSPS) is 19.0. The van der Waals surface area contributed by atoms with Crippen LogP contribution in [0.15, 0.2) is 34.1 Å². The quantitative estimate of drug-likeness (QED) is 0.797. The molecule has 1 fully saturated rings. The fraction of sp³-hybridized carbons (Fsp3) is 0.412. The highest BCUT2D eigenvalue weighted by atomic mass is 79.9. The second kappa shape index (κ2) is 5.17. The lowest BCUT2D eigenvalue weighted by Crippen LogP contribution is -2.17. The molecule has 22 heavy (non-hydrogen) atoms. The van der Waals surface area contributed by atoms with Gasteiger partial charge in [0.05, 0.1) is 5.69 Å². The maximum atomic E-state index is 12.4. The van der Waals surface area contributed by atoms with Crippen LogP contribution in [0.25, 0.3) is 11.3 Å². The molecular weight excluding hydrogens is 360 g/mol. The van der Waals surface area contributed by atoms with E-state index < -0.39 is 0 Å². The topological polar surface area (TPSA) is 42.0 Å². The van der Waals surface area contributed by atoms with Gasteiger partial charge in [0.15, 0.2) is 5.13 Å². The number of hydrogen-bond acceptors (Lipinski definition) is 3. The van der Waals surface area contributed by atoms with E-state index >= 15 is 0 Å². The van der Waals surface area contributed by atoms with E-state index in [2.05, 4.69) is 53.9 Å². The number of thiazole rings is 1. The van der Waals surface area contributed by atoms with Gasteiger partial charge in [-0.05, 0) is 23.0 Å². The fourth-order valence-electron chi connectivity index (χ4n) is 3.11. The summed E-state index contributed by atoms with van der Waals surface area (Å²) in [6.45, 7) is 8.58. The minimum absolute atomic E-state index is 0.0417. The first-order valence-corrected chi connectivity index (χ1v) is 8.93. The van der Waals surface area contributed by atoms with Gasteiger partial charge in [0, 0.05) is 21.3 Å². The van der Waals surface area contributed by atoms with Crippen LogP contribution in [0, 0.1) is 16.7 Å². The van der Waals surface area contributed by atoms with E-state index in [1.807, 2.05) is 29.6 Å². The number of benzene rings is 1. The highest BCUT2D eigenvalue weighted by Crippen LogP contribution is 2.68. The summed E-state index contributed by atoms with van der Waals surface area (Å²) in [5.41, 5.74) is 2.03. The minimum atomic E-state index is 0.0417. The van der Waals surface area contributed by atoms with Gasteiger partial charge in [-0.1, -0.05) is 55.8 Å². The molecule has 1 aromatic heterocycles. The first kappa shape index (κ1) is 15.7. The molecule has 3 nitrogen and oxygen atoms in total. The van der Waals surface area contributed by atoms with Gasteiger partial charge in [-0.2, -0.15) is 0 Å². The van der Waals surface area contributed by atoms with Gasteiger partial charge in [0.1, 0.15) is 0 Å². The maximum absolute atomic E-state index is 12.4. The number of rotatable bonds is 3. The van der Waals surface area contributed by atoms with Crippen LogP contribution >= 0.6 is 27.3 Å². The number of amides is 1. The molecule has 0 bridgehead atoms. The fourth-order valence-corrected chi connectivity index (χ4v) is 4.10. The van der Waals surface area contributed by atoms with Crippen molar-refractivity contribution in [2.45, 2.75) is 27.7 Å². The Balaban J connectivity index is 1.73. The summed E-state index contributed by atoms with van der Waals surface area (Å²) < 4.78 is 1.04. The third kappa shape index (κ3) is 2.50. The molecule has 1 aliphatic rings. The van der Waals surface area contributed by atoms with Crippen molar-refractivity contribution < 1.29 is 4.79 Å². The smallest absolute Gasteiger partial charge is 0.230 e. The number of halogens is 1. The molecule has 2 aromatic rings. The van der Waals surface area contributed by atoms with E-state index in [-0.39, 0.29) is 22.7 Å². The average molecular weight is 379 g/mol. The van der Waals surface area contributed by atoms with E-state index in [4.69, 9.17) is 0 Å². The number of nitrogens with one attached hydrogen (secondary N) is 1. The van der Waals surface area contributed by atoms with Crippen LogP contribution in [0.5, 0.6) is 0 Å². The maximum Gasteiger partial charge on any atom is 0.230 e. The van der Waals surface area contributed by atoms with Crippen LogP contribution in [-0.4, -0.2) is 10.9 Å². The summed E-state index contributed by atoms with van der Waals surface area (Å²) in [5.74, 6) is 0.117. The van der Waals surface area contributed by atoms with E-state index in [0.717, 1.165) is 15.7 Å². The zero-order chi connectivity index (χ0) is 16.1. The number of hydrogen-bond donors (Lipinski definition) is 1. The summed E-state index contributed by atoms with van der Waals surface area (Å²) in [5, 5.41) is 5.62. The Kier molecular flexibility index (Phi) is 3.68. The van der Waals surface area contributed by atoms with Crippen LogP contribution in [0.3, 0.4) is 0 Å². The summed E-state index contributed by atoms with van der Waals surface area (Å²) in [4.78, 5) is 17.0. The summed E-state index contributed by atoms with van der Waals surface area (Å²) >= 11 is 4.89. The van der Waals surface area contributed by atoms with Crippen LogP contribution in [0.4, 0.5) is 5.13 Å². The van der Waals surface area contributed by atoms with E-state index in [9.17, 15) is 4.79 Å². The van der Waals surface area contributed by atoms with Crippen molar-refractivity contribution in [3.05, 3.63) is 34.1 Å². The first-order chi connectivity index (χ1) is 10.2. The van der Waals surface area contributed by atoms with Gasteiger partial charge >= 0.3 is 0 Å². The van der Waals surface area contributed by atoms with Crippen molar-refractivity contribution >= 4 is 38.3 Å². The van der Waals surface area contributed by atoms with Crippen molar-refractivity contribution in [1.29, 1.82) is 0 Å². The van der Waals surface area contributed by atoms with Gasteiger partial charge < -0.3 is 5.32 Å². The number of nitrogens with zero attached hydrogens (tertiary/aromatic N) is 1. The highest BCUT2D eigenvalue weighted by molar-refractivity contribution is 9.10. The minimum Gasteiger partial charge on any atom is -0.302 e. The van der Waals surface area contributed by atoms with Crippen molar-refractivity contribution in [2.75, 3.05) is 5.32 Å². The molecule has 0 atom stereocenters. The largest absolute Gasteiger partial charge is 0.302 e. The number of aromatic nitrogens is 1. The summed E-state index contributed by atoms with van der Waals surface area (Å²) in [7, 11) is 0. The molecule has 0 saturated heterocycles. The summed E-state index contributed by atoms with van der Waals surface area (Å²) in [6, 6.07) is 8.00. The standard InChI is InChI=1S/C17H19BrN2OS/c1-16(2)13(17(16,3)4)14(21)20-15-19-12(9-22-15)10-5-7-11(18)8-6-10/h5-9,13H,1-4H3,(H,19,20,21). The number of carbonyl (C=O) groups is 1. The molecule has 5 heteroatoms. The predicted octanol–water partition coefficient (Wildman–Crippen LogP) is 5.19. The van der Waals surface area contributed by atoms with E-state index in [1.54, 1.807) is 0 Å². The highest BCUT2D eigenvalue weighted by Gasteiger charge is 2.68. The Morgan fingerprint density at radius 2 is 1.77 bits per heavy atom. The Hall–Kier alpha value is -1.20. The third-order valence-electron chi connectivity index (χ3n) is 5.16. The summed E-state index contributed by atoms with van der Waals surface area (Å²) in [6.07, 6.45) is 0. The van der Waals surface area contributed by atoms with Crippen LogP contribution in [0.1, 0.15) is 27.7 Å². The van der Waals surface area contributed by atoms with Crippen molar-refractivity contribution in [1.82, 2.24) is 4.98 Å². The molecule has 0 unspecified atom stereocenters. The lowest BCUT2D eigenvalue weighted by atomic mass is 10.0. The Morgan fingerprint density at radius 1 is 1.18 bits per heavy atom. The second-order valence-electron chi connectivity index (χ2n) is 6.91. The van der Waals surface area contributed by atoms with Crippen LogP contribution in [0.2, 0.25) is 0 Å². The van der Waals surface area contributed by atoms with E-state index in [1.165, 1.54) is 11.3 Å².